The summed E-state index contributed by atoms with van der Waals surface area (Å²) >= 11 is 6.46. The lowest BCUT2D eigenvalue weighted by molar-refractivity contribution is -0.125. The molecule has 0 saturated carbocycles. The Kier molecular flexibility index (Phi) is 4.72. The lowest BCUT2D eigenvalue weighted by Crippen LogP contribution is -2.32. The Morgan fingerprint density at radius 3 is 2.65 bits per heavy atom. The van der Waals surface area contributed by atoms with Gasteiger partial charge < -0.3 is 9.94 Å². The topological polar surface area (TPSA) is 108 Å². The van der Waals surface area contributed by atoms with E-state index in [0.717, 1.165) is 6.26 Å². The Balaban J connectivity index is 2.25. The fourth-order valence-electron chi connectivity index (χ4n) is 3.03. The van der Waals surface area contributed by atoms with E-state index in [0.29, 0.717) is 18.7 Å². The molecule has 0 spiro atoms. The normalized spacial score (nSPS) is 22.5. The number of carbonyl (C=O) groups excluding carboxylic acids is 1. The van der Waals surface area contributed by atoms with Gasteiger partial charge in [0.25, 0.3) is 5.91 Å². The highest BCUT2D eigenvalue weighted by atomic mass is 35.5. The molecule has 8 nitrogen and oxygen atoms in total. The Morgan fingerprint density at radius 2 is 2.15 bits per heavy atom. The molecule has 0 aromatic heterocycles. The third kappa shape index (κ3) is 3.06. The van der Waals surface area contributed by atoms with Crippen LogP contribution in [0.25, 0.3) is 5.76 Å². The molecule has 1 atom stereocenters. The average Bonchev–Trinajstić information content (AvgIpc) is 3.14. The summed E-state index contributed by atoms with van der Waals surface area (Å²) in [5, 5.41) is 15.9. The SMILES string of the molecule is CC1NN(C)C(=O)C1=C(O)c1ccc(S(C)(=O)=O)c(C2=NOCC2)c1Cl. The zero-order valence-electron chi connectivity index (χ0n) is 14.4. The van der Waals surface area contributed by atoms with Crippen molar-refractivity contribution < 1.29 is 23.2 Å². The number of hydrazine groups is 1. The second-order valence-corrected chi connectivity index (χ2v) is 8.53. The van der Waals surface area contributed by atoms with Gasteiger partial charge in [-0.25, -0.2) is 13.8 Å². The number of amides is 1. The van der Waals surface area contributed by atoms with Crippen LogP contribution >= 0.6 is 11.6 Å². The van der Waals surface area contributed by atoms with E-state index in [9.17, 15) is 18.3 Å². The Morgan fingerprint density at radius 1 is 1.46 bits per heavy atom. The van der Waals surface area contributed by atoms with E-state index < -0.39 is 15.9 Å². The van der Waals surface area contributed by atoms with E-state index in [1.165, 1.54) is 17.1 Å². The number of aliphatic hydroxyl groups is 1. The summed E-state index contributed by atoms with van der Waals surface area (Å²) in [4.78, 5) is 17.2. The van der Waals surface area contributed by atoms with Crippen LogP contribution in [0.5, 0.6) is 0 Å². The van der Waals surface area contributed by atoms with Gasteiger partial charge in [-0.05, 0) is 19.1 Å². The zero-order chi connectivity index (χ0) is 19.2. The molecule has 1 unspecified atom stereocenters. The van der Waals surface area contributed by atoms with Crippen LogP contribution in [0.1, 0.15) is 24.5 Å². The van der Waals surface area contributed by atoms with Gasteiger partial charge in [0.1, 0.15) is 12.4 Å². The number of carbonyl (C=O) groups is 1. The molecule has 2 heterocycles. The molecule has 1 fully saturated rings. The van der Waals surface area contributed by atoms with Crippen LogP contribution in [0, 0.1) is 0 Å². The first-order valence-electron chi connectivity index (χ1n) is 7.82. The predicted octanol–water partition coefficient (Wildman–Crippen LogP) is 1.50. The van der Waals surface area contributed by atoms with Gasteiger partial charge in [0.05, 0.1) is 27.2 Å². The number of benzene rings is 1. The minimum atomic E-state index is -3.59. The molecule has 26 heavy (non-hydrogen) atoms. The summed E-state index contributed by atoms with van der Waals surface area (Å²) in [5.41, 5.74) is 3.76. The first-order chi connectivity index (χ1) is 12.1. The van der Waals surface area contributed by atoms with Crippen molar-refractivity contribution >= 4 is 38.8 Å². The summed E-state index contributed by atoms with van der Waals surface area (Å²) in [5.74, 6) is -0.688. The van der Waals surface area contributed by atoms with Crippen molar-refractivity contribution in [3.8, 4) is 0 Å². The van der Waals surface area contributed by atoms with E-state index >= 15 is 0 Å². The zero-order valence-corrected chi connectivity index (χ0v) is 16.0. The molecular formula is C16H18ClN3O5S. The first kappa shape index (κ1) is 18.7. The summed E-state index contributed by atoms with van der Waals surface area (Å²) in [6.45, 7) is 2.04. The summed E-state index contributed by atoms with van der Waals surface area (Å²) in [7, 11) is -2.05. The van der Waals surface area contributed by atoms with Gasteiger partial charge >= 0.3 is 0 Å². The van der Waals surface area contributed by atoms with Crippen LogP contribution in [0.4, 0.5) is 0 Å². The van der Waals surface area contributed by atoms with Crippen molar-refractivity contribution in [1.29, 1.82) is 0 Å². The molecule has 1 saturated heterocycles. The van der Waals surface area contributed by atoms with Gasteiger partial charge in [-0.3, -0.25) is 9.80 Å². The molecule has 2 aliphatic rings. The van der Waals surface area contributed by atoms with Crippen molar-refractivity contribution in [2.45, 2.75) is 24.3 Å². The highest BCUT2D eigenvalue weighted by molar-refractivity contribution is 7.90. The maximum atomic E-state index is 12.3. The molecular weight excluding hydrogens is 382 g/mol. The number of rotatable bonds is 3. The molecule has 10 heteroatoms. The third-order valence-corrected chi connectivity index (χ3v) is 5.79. The van der Waals surface area contributed by atoms with Gasteiger partial charge in [-0.15, -0.1) is 0 Å². The number of nitrogens with one attached hydrogen (secondary N) is 1. The van der Waals surface area contributed by atoms with Crippen LogP contribution in [-0.4, -0.2) is 56.1 Å². The lowest BCUT2D eigenvalue weighted by atomic mass is 9.99. The number of halogens is 1. The number of nitrogens with zero attached hydrogens (tertiary/aromatic N) is 2. The second kappa shape index (κ2) is 6.57. The first-order valence-corrected chi connectivity index (χ1v) is 10.1. The largest absolute Gasteiger partial charge is 0.507 e. The quantitative estimate of drug-likeness (QED) is 0.589. The number of sulfone groups is 1. The number of aliphatic hydroxyl groups excluding tert-OH is 1. The van der Waals surface area contributed by atoms with E-state index in [4.69, 9.17) is 16.4 Å². The Hall–Kier alpha value is -2.10. The number of oxime groups is 1. The molecule has 0 aliphatic carbocycles. The fourth-order valence-corrected chi connectivity index (χ4v) is 4.36. The number of hydrogen-bond donors (Lipinski definition) is 2. The summed E-state index contributed by atoms with van der Waals surface area (Å²) in [6, 6.07) is 2.32. The average molecular weight is 400 g/mol. The number of hydrogen-bond acceptors (Lipinski definition) is 7. The summed E-state index contributed by atoms with van der Waals surface area (Å²) in [6.07, 6.45) is 1.46. The molecule has 2 N–H and O–H groups in total. The van der Waals surface area contributed by atoms with Crippen molar-refractivity contribution in [2.24, 2.45) is 5.16 Å². The molecule has 0 bridgehead atoms. The van der Waals surface area contributed by atoms with E-state index in [1.54, 1.807) is 14.0 Å². The third-order valence-electron chi connectivity index (χ3n) is 4.26. The van der Waals surface area contributed by atoms with Gasteiger partial charge in [-0.2, -0.15) is 0 Å². The van der Waals surface area contributed by atoms with Crippen LogP contribution < -0.4 is 5.43 Å². The van der Waals surface area contributed by atoms with E-state index in [-0.39, 0.29) is 38.3 Å². The highest BCUT2D eigenvalue weighted by Crippen LogP contribution is 2.35. The van der Waals surface area contributed by atoms with Crippen molar-refractivity contribution in [1.82, 2.24) is 10.4 Å². The van der Waals surface area contributed by atoms with Gasteiger partial charge in [0, 0.05) is 30.9 Å². The number of likely N-dealkylation sites (N-methyl/N-ethyl adjacent to an activating group) is 1. The Bertz CT molecular complexity index is 955. The lowest BCUT2D eigenvalue weighted by Gasteiger charge is -2.14. The molecule has 1 amide bonds. The van der Waals surface area contributed by atoms with E-state index in [2.05, 4.69) is 10.6 Å². The van der Waals surface area contributed by atoms with Gasteiger partial charge in [0.15, 0.2) is 9.84 Å². The molecule has 3 rings (SSSR count). The molecule has 1 aromatic carbocycles. The van der Waals surface area contributed by atoms with E-state index in [1.807, 2.05) is 0 Å². The minimum Gasteiger partial charge on any atom is -0.507 e. The van der Waals surface area contributed by atoms with Crippen LogP contribution in [0.2, 0.25) is 5.02 Å². The molecule has 0 radical (unpaired) electrons. The maximum Gasteiger partial charge on any atom is 0.269 e. The van der Waals surface area contributed by atoms with Crippen LogP contribution in [-0.2, 0) is 19.5 Å². The summed E-state index contributed by atoms with van der Waals surface area (Å²) < 4.78 is 24.3. The second-order valence-electron chi connectivity index (χ2n) is 6.17. The monoisotopic (exact) mass is 399 g/mol. The van der Waals surface area contributed by atoms with Gasteiger partial charge in [0.2, 0.25) is 0 Å². The van der Waals surface area contributed by atoms with Crippen LogP contribution in [0.15, 0.2) is 27.8 Å². The predicted molar refractivity (Wildman–Crippen MR) is 96.6 cm³/mol. The van der Waals surface area contributed by atoms with Crippen molar-refractivity contribution in [2.75, 3.05) is 19.9 Å². The minimum absolute atomic E-state index is 0.00524. The molecule has 140 valence electrons. The van der Waals surface area contributed by atoms with Crippen LogP contribution in [0.3, 0.4) is 0 Å². The highest BCUT2D eigenvalue weighted by Gasteiger charge is 2.34. The van der Waals surface area contributed by atoms with Crippen molar-refractivity contribution in [3.05, 3.63) is 33.9 Å². The maximum absolute atomic E-state index is 12.3. The molecule has 1 aromatic rings. The molecule has 2 aliphatic heterocycles. The van der Waals surface area contributed by atoms with Crippen molar-refractivity contribution in [3.63, 3.8) is 0 Å². The standard InChI is InChI=1S/C16H18ClN3O5S/c1-8-12(16(22)20(2)18-8)15(21)9-4-5-11(26(3,23)24)13(14(9)17)10-6-7-25-19-10/h4-5,8,18,21H,6-7H2,1-3H3. The fraction of sp³-hybridized carbons (Fsp3) is 0.375. The van der Waals surface area contributed by atoms with Gasteiger partial charge in [-0.1, -0.05) is 16.8 Å². The smallest absolute Gasteiger partial charge is 0.269 e. The Labute approximate surface area is 156 Å².